The molecule has 0 amide bonds. The number of hydrogen-bond acceptors (Lipinski definition) is 9. The van der Waals surface area contributed by atoms with E-state index in [1.165, 1.54) is 32.1 Å². The van der Waals surface area contributed by atoms with Crippen LogP contribution in [0.4, 0.5) is 0 Å². The zero-order valence-corrected chi connectivity index (χ0v) is 19.3. The average molecular weight is 464 g/mol. The van der Waals surface area contributed by atoms with Gasteiger partial charge >= 0.3 is 0 Å². The molecule has 0 bridgehead atoms. The van der Waals surface area contributed by atoms with Crippen LogP contribution in [0.2, 0.25) is 0 Å². The molecular weight excluding hydrogens is 440 g/mol. The van der Waals surface area contributed by atoms with Gasteiger partial charge < -0.3 is 23.5 Å². The molecule has 0 saturated carbocycles. The van der Waals surface area contributed by atoms with E-state index in [4.69, 9.17) is 23.5 Å². The number of benzene rings is 2. The molecule has 0 radical (unpaired) electrons. The monoisotopic (exact) mass is 464 g/mol. The standard InChI is InChI=1S/C24H24N4O6/c1-5-33-17-8-6-15(7-9-17)18-10-11-22(29)28(26-18)14-21-25-24(27-34-21)16-12-19(30-2)23(32-4)20(13-16)31-3/h6-13H,5,14H2,1-4H3. The molecule has 10 nitrogen and oxygen atoms in total. The molecule has 2 heterocycles. The Morgan fingerprint density at radius 1 is 0.912 bits per heavy atom. The normalized spacial score (nSPS) is 10.7. The van der Waals surface area contributed by atoms with Gasteiger partial charge in [-0.2, -0.15) is 10.1 Å². The Morgan fingerprint density at radius 3 is 2.24 bits per heavy atom. The van der Waals surface area contributed by atoms with E-state index in [2.05, 4.69) is 15.2 Å². The van der Waals surface area contributed by atoms with Gasteiger partial charge in [0.05, 0.1) is 33.6 Å². The first-order valence-electron chi connectivity index (χ1n) is 10.5. The van der Waals surface area contributed by atoms with Gasteiger partial charge in [0.25, 0.3) is 5.56 Å². The van der Waals surface area contributed by atoms with Crippen LogP contribution in [-0.2, 0) is 6.54 Å². The predicted octanol–water partition coefficient (Wildman–Crippen LogP) is 3.43. The van der Waals surface area contributed by atoms with Gasteiger partial charge in [-0.25, -0.2) is 4.68 Å². The molecule has 4 aromatic rings. The minimum absolute atomic E-state index is 0.0150. The number of ether oxygens (including phenoxy) is 4. The lowest BCUT2D eigenvalue weighted by atomic mass is 10.1. The summed E-state index contributed by atoms with van der Waals surface area (Å²) in [6.45, 7) is 2.53. The number of aromatic nitrogens is 4. The second-order valence-electron chi connectivity index (χ2n) is 7.10. The van der Waals surface area contributed by atoms with Crippen molar-refractivity contribution in [3.63, 3.8) is 0 Å². The molecule has 0 aliphatic heterocycles. The van der Waals surface area contributed by atoms with Gasteiger partial charge in [0.15, 0.2) is 11.5 Å². The van der Waals surface area contributed by atoms with Crippen LogP contribution in [0.15, 0.2) is 57.8 Å². The second kappa shape index (κ2) is 10.1. The van der Waals surface area contributed by atoms with Gasteiger partial charge in [-0.15, -0.1) is 0 Å². The van der Waals surface area contributed by atoms with Crippen molar-refractivity contribution in [3.8, 4) is 45.6 Å². The molecule has 2 aromatic heterocycles. The molecule has 176 valence electrons. The van der Waals surface area contributed by atoms with Gasteiger partial charge in [-0.1, -0.05) is 5.16 Å². The number of rotatable bonds is 9. The summed E-state index contributed by atoms with van der Waals surface area (Å²) in [5.74, 6) is 2.68. The van der Waals surface area contributed by atoms with Crippen LogP contribution >= 0.6 is 0 Å². The first kappa shape index (κ1) is 22.8. The van der Waals surface area contributed by atoms with Gasteiger partial charge in [-0.05, 0) is 49.4 Å². The summed E-state index contributed by atoms with van der Waals surface area (Å²) < 4.78 is 28.2. The maximum atomic E-state index is 12.4. The Bertz CT molecular complexity index is 1310. The van der Waals surface area contributed by atoms with Crippen molar-refractivity contribution in [1.29, 1.82) is 0 Å². The van der Waals surface area contributed by atoms with Crippen LogP contribution in [0.5, 0.6) is 23.0 Å². The van der Waals surface area contributed by atoms with Gasteiger partial charge in [-0.3, -0.25) is 4.79 Å². The molecular formula is C24H24N4O6. The molecule has 0 spiro atoms. The summed E-state index contributed by atoms with van der Waals surface area (Å²) in [5.41, 5.74) is 1.79. The Morgan fingerprint density at radius 2 is 1.62 bits per heavy atom. The Balaban J connectivity index is 1.60. The fourth-order valence-electron chi connectivity index (χ4n) is 3.38. The van der Waals surface area contributed by atoms with Crippen molar-refractivity contribution < 1.29 is 23.5 Å². The molecule has 4 rings (SSSR count). The minimum atomic E-state index is -0.290. The summed E-state index contributed by atoms with van der Waals surface area (Å²) in [6, 6.07) is 14.0. The highest BCUT2D eigenvalue weighted by atomic mass is 16.5. The lowest BCUT2D eigenvalue weighted by molar-refractivity contribution is 0.324. The third kappa shape index (κ3) is 4.70. The zero-order chi connectivity index (χ0) is 24.1. The minimum Gasteiger partial charge on any atom is -0.494 e. The van der Waals surface area contributed by atoms with E-state index in [1.807, 2.05) is 31.2 Å². The Kier molecular flexibility index (Phi) is 6.77. The summed E-state index contributed by atoms with van der Waals surface area (Å²) in [5, 5.41) is 8.48. The van der Waals surface area contributed by atoms with E-state index < -0.39 is 0 Å². The molecule has 0 atom stereocenters. The SMILES string of the molecule is CCOc1ccc(-c2ccc(=O)n(Cc3nc(-c4cc(OC)c(OC)c(OC)c4)no3)n2)cc1. The fraction of sp³-hybridized carbons (Fsp3) is 0.250. The molecule has 34 heavy (non-hydrogen) atoms. The summed E-state index contributed by atoms with van der Waals surface area (Å²) in [7, 11) is 4.58. The fourth-order valence-corrected chi connectivity index (χ4v) is 3.38. The zero-order valence-electron chi connectivity index (χ0n) is 19.3. The van der Waals surface area contributed by atoms with E-state index in [-0.39, 0.29) is 18.0 Å². The van der Waals surface area contributed by atoms with Crippen LogP contribution in [0, 0.1) is 0 Å². The van der Waals surface area contributed by atoms with E-state index in [0.29, 0.717) is 40.9 Å². The van der Waals surface area contributed by atoms with Crippen LogP contribution in [-0.4, -0.2) is 47.9 Å². The second-order valence-corrected chi connectivity index (χ2v) is 7.10. The first-order chi connectivity index (χ1) is 16.6. The topological polar surface area (TPSA) is 111 Å². The van der Waals surface area contributed by atoms with Crippen molar-refractivity contribution >= 4 is 0 Å². The van der Waals surface area contributed by atoms with Crippen molar-refractivity contribution in [2.45, 2.75) is 13.5 Å². The van der Waals surface area contributed by atoms with E-state index >= 15 is 0 Å². The molecule has 0 aliphatic rings. The van der Waals surface area contributed by atoms with Crippen molar-refractivity contribution in [2.75, 3.05) is 27.9 Å². The van der Waals surface area contributed by atoms with Crippen LogP contribution < -0.4 is 24.5 Å². The van der Waals surface area contributed by atoms with E-state index in [1.54, 1.807) is 18.2 Å². The smallest absolute Gasteiger partial charge is 0.267 e. The lowest BCUT2D eigenvalue weighted by Crippen LogP contribution is -2.23. The highest BCUT2D eigenvalue weighted by molar-refractivity contribution is 5.66. The van der Waals surface area contributed by atoms with E-state index in [9.17, 15) is 4.79 Å². The lowest BCUT2D eigenvalue weighted by Gasteiger charge is -2.12. The molecule has 0 aliphatic carbocycles. The van der Waals surface area contributed by atoms with E-state index in [0.717, 1.165) is 11.3 Å². The van der Waals surface area contributed by atoms with Gasteiger partial charge in [0.2, 0.25) is 17.5 Å². The Hall–Kier alpha value is -4.34. The highest BCUT2D eigenvalue weighted by Crippen LogP contribution is 2.40. The highest BCUT2D eigenvalue weighted by Gasteiger charge is 2.18. The summed E-state index contributed by atoms with van der Waals surface area (Å²) in [4.78, 5) is 16.8. The number of nitrogens with zero attached hydrogens (tertiary/aromatic N) is 4. The average Bonchev–Trinajstić information content (AvgIpc) is 3.33. The first-order valence-corrected chi connectivity index (χ1v) is 10.5. The van der Waals surface area contributed by atoms with Crippen molar-refractivity contribution in [2.24, 2.45) is 0 Å². The van der Waals surface area contributed by atoms with Crippen LogP contribution in [0.3, 0.4) is 0 Å². The summed E-state index contributed by atoms with van der Waals surface area (Å²) in [6.07, 6.45) is 0. The molecule has 0 unspecified atom stereocenters. The molecule has 2 aromatic carbocycles. The third-order valence-electron chi connectivity index (χ3n) is 5.00. The quantitative estimate of drug-likeness (QED) is 0.368. The molecule has 10 heteroatoms. The number of methoxy groups -OCH3 is 3. The van der Waals surface area contributed by atoms with Crippen LogP contribution in [0.25, 0.3) is 22.6 Å². The maximum absolute atomic E-state index is 12.4. The van der Waals surface area contributed by atoms with Crippen molar-refractivity contribution in [1.82, 2.24) is 19.9 Å². The van der Waals surface area contributed by atoms with Gasteiger partial charge in [0.1, 0.15) is 12.3 Å². The summed E-state index contributed by atoms with van der Waals surface area (Å²) >= 11 is 0. The van der Waals surface area contributed by atoms with Crippen LogP contribution in [0.1, 0.15) is 12.8 Å². The Labute approximate surface area is 195 Å². The molecule has 0 saturated heterocycles. The van der Waals surface area contributed by atoms with Crippen molar-refractivity contribution in [3.05, 3.63) is 64.8 Å². The largest absolute Gasteiger partial charge is 0.494 e. The molecule has 0 fully saturated rings. The third-order valence-corrected chi connectivity index (χ3v) is 5.00. The van der Waals surface area contributed by atoms with Gasteiger partial charge in [0, 0.05) is 17.2 Å². The molecule has 0 N–H and O–H groups in total. The predicted molar refractivity (Wildman–Crippen MR) is 124 cm³/mol. The maximum Gasteiger partial charge on any atom is 0.267 e. The number of hydrogen-bond donors (Lipinski definition) is 0.